The van der Waals surface area contributed by atoms with Crippen molar-refractivity contribution in [3.8, 4) is 6.07 Å². The highest BCUT2D eigenvalue weighted by Crippen LogP contribution is 2.23. The summed E-state index contributed by atoms with van der Waals surface area (Å²) in [4.78, 5) is 21.5. The van der Waals surface area contributed by atoms with Gasteiger partial charge in [0.05, 0.1) is 11.3 Å². The maximum absolute atomic E-state index is 12.1. The van der Waals surface area contributed by atoms with Gasteiger partial charge in [-0.05, 0) is 18.2 Å². The van der Waals surface area contributed by atoms with E-state index in [1.807, 2.05) is 0 Å². The van der Waals surface area contributed by atoms with Gasteiger partial charge in [0.25, 0.3) is 0 Å². The number of nitriles is 1. The van der Waals surface area contributed by atoms with Crippen molar-refractivity contribution in [3.05, 3.63) is 23.8 Å². The van der Waals surface area contributed by atoms with Crippen LogP contribution in [0.2, 0.25) is 0 Å². The van der Waals surface area contributed by atoms with Crippen LogP contribution in [-0.4, -0.2) is 18.0 Å². The number of carbonyl (C=O) groups excluding carboxylic acids is 2. The Bertz CT molecular complexity index is 561. The molecule has 0 aliphatic carbocycles. The van der Waals surface area contributed by atoms with Crippen LogP contribution in [-0.2, 0) is 9.59 Å². The predicted molar refractivity (Wildman–Crippen MR) is 60.1 cm³/mol. The molecule has 2 N–H and O–H groups in total. The molecule has 100 valence electrons. The first kappa shape index (κ1) is 14.5. The van der Waals surface area contributed by atoms with E-state index >= 15 is 0 Å². The summed E-state index contributed by atoms with van der Waals surface area (Å²) < 4.78 is 36.2. The molecule has 1 aromatic rings. The van der Waals surface area contributed by atoms with E-state index in [9.17, 15) is 22.8 Å². The fourth-order valence-corrected chi connectivity index (χ4v) is 1.22. The van der Waals surface area contributed by atoms with Crippen molar-refractivity contribution in [2.24, 2.45) is 0 Å². The highest BCUT2D eigenvalue weighted by molar-refractivity contribution is 5.96. The summed E-state index contributed by atoms with van der Waals surface area (Å²) in [6.45, 7) is 1.24. The number of nitrogens with one attached hydrogen (secondary N) is 2. The monoisotopic (exact) mass is 271 g/mol. The SMILES string of the molecule is CC(=O)Nc1ccc(NC(=O)C(F)(F)F)c(C#N)c1. The molecule has 0 atom stereocenters. The summed E-state index contributed by atoms with van der Waals surface area (Å²) in [7, 11) is 0. The van der Waals surface area contributed by atoms with Gasteiger partial charge in [-0.1, -0.05) is 0 Å². The molecule has 0 radical (unpaired) electrons. The molecule has 0 bridgehead atoms. The van der Waals surface area contributed by atoms with E-state index in [0.29, 0.717) is 0 Å². The normalized spacial score (nSPS) is 10.5. The van der Waals surface area contributed by atoms with Crippen LogP contribution in [0.15, 0.2) is 18.2 Å². The molecule has 1 aromatic carbocycles. The highest BCUT2D eigenvalue weighted by atomic mass is 19.4. The molecular formula is C11H8F3N3O2. The Morgan fingerprint density at radius 2 is 1.89 bits per heavy atom. The number of carbonyl (C=O) groups is 2. The smallest absolute Gasteiger partial charge is 0.326 e. The molecule has 1 rings (SSSR count). The molecule has 19 heavy (non-hydrogen) atoms. The Labute approximate surface area is 106 Å². The summed E-state index contributed by atoms with van der Waals surface area (Å²) in [5.74, 6) is -2.56. The second-order valence-corrected chi connectivity index (χ2v) is 3.51. The number of halogens is 3. The molecule has 0 spiro atoms. The number of benzene rings is 1. The van der Waals surface area contributed by atoms with Gasteiger partial charge < -0.3 is 10.6 Å². The lowest BCUT2D eigenvalue weighted by Crippen LogP contribution is -2.30. The van der Waals surface area contributed by atoms with E-state index in [1.54, 1.807) is 11.4 Å². The first-order valence-electron chi connectivity index (χ1n) is 4.94. The van der Waals surface area contributed by atoms with Gasteiger partial charge in [0.1, 0.15) is 6.07 Å². The van der Waals surface area contributed by atoms with E-state index in [0.717, 1.165) is 12.1 Å². The summed E-state index contributed by atoms with van der Waals surface area (Å²) in [5.41, 5.74) is -0.225. The Hall–Kier alpha value is -2.56. The molecule has 5 nitrogen and oxygen atoms in total. The largest absolute Gasteiger partial charge is 0.471 e. The van der Waals surface area contributed by atoms with Crippen LogP contribution in [0.4, 0.5) is 24.5 Å². The zero-order valence-corrected chi connectivity index (χ0v) is 9.63. The lowest BCUT2D eigenvalue weighted by atomic mass is 10.1. The highest BCUT2D eigenvalue weighted by Gasteiger charge is 2.38. The van der Waals surface area contributed by atoms with Crippen molar-refractivity contribution in [2.75, 3.05) is 10.6 Å². The fourth-order valence-electron chi connectivity index (χ4n) is 1.22. The Morgan fingerprint density at radius 1 is 1.26 bits per heavy atom. The molecule has 0 aromatic heterocycles. The van der Waals surface area contributed by atoms with Crippen LogP contribution in [0.5, 0.6) is 0 Å². The Balaban J connectivity index is 3.01. The molecule has 0 heterocycles. The van der Waals surface area contributed by atoms with Gasteiger partial charge in [-0.3, -0.25) is 9.59 Å². The zero-order chi connectivity index (χ0) is 14.6. The number of alkyl halides is 3. The van der Waals surface area contributed by atoms with Crippen molar-refractivity contribution in [1.29, 1.82) is 5.26 Å². The molecule has 0 aliphatic heterocycles. The molecule has 0 fully saturated rings. The van der Waals surface area contributed by atoms with Gasteiger partial charge in [-0.2, -0.15) is 18.4 Å². The first-order valence-corrected chi connectivity index (χ1v) is 4.94. The van der Waals surface area contributed by atoms with E-state index in [1.165, 1.54) is 13.0 Å². The lowest BCUT2D eigenvalue weighted by Gasteiger charge is -2.10. The third kappa shape index (κ3) is 3.99. The van der Waals surface area contributed by atoms with Gasteiger partial charge in [0.2, 0.25) is 5.91 Å². The molecule has 0 unspecified atom stereocenters. The summed E-state index contributed by atoms with van der Waals surface area (Å²) in [6, 6.07) is 5.17. The molecule has 8 heteroatoms. The van der Waals surface area contributed by atoms with Crippen molar-refractivity contribution >= 4 is 23.2 Å². The topological polar surface area (TPSA) is 82.0 Å². The third-order valence-electron chi connectivity index (χ3n) is 1.97. The number of anilines is 2. The van der Waals surface area contributed by atoms with Crippen LogP contribution < -0.4 is 10.6 Å². The number of hydrogen-bond donors (Lipinski definition) is 2. The molecule has 0 aliphatic rings. The number of nitrogens with zero attached hydrogens (tertiary/aromatic N) is 1. The quantitative estimate of drug-likeness (QED) is 0.863. The average molecular weight is 271 g/mol. The maximum Gasteiger partial charge on any atom is 0.471 e. The van der Waals surface area contributed by atoms with Gasteiger partial charge in [-0.15, -0.1) is 0 Å². The first-order chi connectivity index (χ1) is 8.74. The van der Waals surface area contributed by atoms with Gasteiger partial charge in [-0.25, -0.2) is 0 Å². The molecule has 2 amide bonds. The minimum absolute atomic E-state index is 0.191. The van der Waals surface area contributed by atoms with Crippen LogP contribution in [0.1, 0.15) is 12.5 Å². The third-order valence-corrected chi connectivity index (χ3v) is 1.97. The van der Waals surface area contributed by atoms with Crippen LogP contribution in [0.25, 0.3) is 0 Å². The summed E-state index contributed by atoms with van der Waals surface area (Å²) in [5, 5.41) is 12.7. The number of hydrogen-bond acceptors (Lipinski definition) is 3. The molecule has 0 saturated heterocycles. The fraction of sp³-hybridized carbons (Fsp3) is 0.182. The minimum atomic E-state index is -5.04. The van der Waals surface area contributed by atoms with Crippen LogP contribution in [0.3, 0.4) is 0 Å². The second kappa shape index (κ2) is 5.39. The minimum Gasteiger partial charge on any atom is -0.326 e. The molecule has 0 saturated carbocycles. The Morgan fingerprint density at radius 3 is 2.37 bits per heavy atom. The summed E-state index contributed by atoms with van der Waals surface area (Å²) >= 11 is 0. The van der Waals surface area contributed by atoms with E-state index in [4.69, 9.17) is 5.26 Å². The second-order valence-electron chi connectivity index (χ2n) is 3.51. The Kier molecular flexibility index (Phi) is 4.11. The van der Waals surface area contributed by atoms with Crippen molar-refractivity contribution in [3.63, 3.8) is 0 Å². The average Bonchev–Trinajstić information content (AvgIpc) is 2.29. The standard InChI is InChI=1S/C11H8F3N3O2/c1-6(18)16-8-2-3-9(7(4-8)5-15)17-10(19)11(12,13)14/h2-4H,1H3,(H,16,18)(H,17,19). The summed E-state index contributed by atoms with van der Waals surface area (Å²) in [6.07, 6.45) is -5.04. The van der Waals surface area contributed by atoms with Crippen molar-refractivity contribution < 1.29 is 22.8 Å². The number of rotatable bonds is 2. The van der Waals surface area contributed by atoms with Gasteiger partial charge >= 0.3 is 12.1 Å². The van der Waals surface area contributed by atoms with Crippen LogP contribution >= 0.6 is 0 Å². The molecular weight excluding hydrogens is 263 g/mol. The number of amides is 2. The van der Waals surface area contributed by atoms with E-state index in [-0.39, 0.29) is 16.9 Å². The van der Waals surface area contributed by atoms with E-state index in [2.05, 4.69) is 5.32 Å². The zero-order valence-electron chi connectivity index (χ0n) is 9.63. The predicted octanol–water partition coefficient (Wildman–Crippen LogP) is 2.02. The lowest BCUT2D eigenvalue weighted by molar-refractivity contribution is -0.167. The maximum atomic E-state index is 12.1. The van der Waals surface area contributed by atoms with E-state index < -0.39 is 18.0 Å². The van der Waals surface area contributed by atoms with Crippen LogP contribution in [0, 0.1) is 11.3 Å². The van der Waals surface area contributed by atoms with Crippen molar-refractivity contribution in [1.82, 2.24) is 0 Å². The van der Waals surface area contributed by atoms with Gasteiger partial charge in [0.15, 0.2) is 0 Å². The van der Waals surface area contributed by atoms with Gasteiger partial charge in [0, 0.05) is 12.6 Å². The van der Waals surface area contributed by atoms with Crippen molar-refractivity contribution in [2.45, 2.75) is 13.1 Å².